The van der Waals surface area contributed by atoms with Crippen molar-refractivity contribution in [3.05, 3.63) is 12.4 Å². The van der Waals surface area contributed by atoms with Crippen LogP contribution in [0.4, 0.5) is 11.4 Å². The fourth-order valence-corrected chi connectivity index (χ4v) is 1.26. The topological polar surface area (TPSA) is 51.4 Å². The van der Waals surface area contributed by atoms with Gasteiger partial charge in [0.05, 0.1) is 24.2 Å². The van der Waals surface area contributed by atoms with E-state index in [9.17, 15) is 0 Å². The number of ether oxygens (including phenoxy) is 1. The van der Waals surface area contributed by atoms with Crippen molar-refractivity contribution in [2.75, 3.05) is 24.7 Å². The van der Waals surface area contributed by atoms with Crippen LogP contribution in [-0.2, 0) is 0 Å². The predicted octanol–water partition coefficient (Wildman–Crippen LogP) is 1.27. The molecule has 0 saturated heterocycles. The second-order valence-electron chi connectivity index (χ2n) is 3.78. The van der Waals surface area contributed by atoms with E-state index in [1.807, 2.05) is 19.0 Å². The molecule has 4 nitrogen and oxygen atoms in total. The van der Waals surface area contributed by atoms with Gasteiger partial charge < -0.3 is 15.4 Å². The van der Waals surface area contributed by atoms with Crippen LogP contribution >= 0.6 is 0 Å². The van der Waals surface area contributed by atoms with Crippen LogP contribution in [0, 0.1) is 0 Å². The van der Waals surface area contributed by atoms with Gasteiger partial charge in [-0.1, -0.05) is 0 Å². The largest absolute Gasteiger partial charge is 0.487 e. The Hall–Kier alpha value is -1.45. The van der Waals surface area contributed by atoms with E-state index >= 15 is 0 Å². The Bertz CT molecular complexity index is 334. The number of hydrogen-bond acceptors (Lipinski definition) is 4. The third-order valence-corrected chi connectivity index (χ3v) is 2.23. The summed E-state index contributed by atoms with van der Waals surface area (Å²) in [6.07, 6.45) is 6.05. The molecule has 4 heteroatoms. The van der Waals surface area contributed by atoms with Gasteiger partial charge in [-0.3, -0.25) is 4.98 Å². The zero-order valence-corrected chi connectivity index (χ0v) is 8.53. The van der Waals surface area contributed by atoms with Crippen molar-refractivity contribution in [2.45, 2.75) is 18.9 Å². The van der Waals surface area contributed by atoms with E-state index in [2.05, 4.69) is 4.98 Å². The van der Waals surface area contributed by atoms with E-state index in [1.165, 1.54) is 0 Å². The molecule has 76 valence electrons. The summed E-state index contributed by atoms with van der Waals surface area (Å²) < 4.78 is 5.63. The molecule has 0 aliphatic heterocycles. The van der Waals surface area contributed by atoms with E-state index < -0.39 is 0 Å². The van der Waals surface area contributed by atoms with Gasteiger partial charge in [0, 0.05) is 14.1 Å². The lowest BCUT2D eigenvalue weighted by Crippen LogP contribution is -2.12. The van der Waals surface area contributed by atoms with Crippen molar-refractivity contribution in [3.8, 4) is 5.75 Å². The molecule has 1 aliphatic carbocycles. The lowest BCUT2D eigenvalue weighted by atomic mass is 10.3. The predicted molar refractivity (Wildman–Crippen MR) is 56.6 cm³/mol. The minimum Gasteiger partial charge on any atom is -0.487 e. The Labute approximate surface area is 83.7 Å². The molecule has 0 unspecified atom stereocenters. The Kier molecular flexibility index (Phi) is 2.19. The van der Waals surface area contributed by atoms with Gasteiger partial charge in [0.2, 0.25) is 0 Å². The lowest BCUT2D eigenvalue weighted by Gasteiger charge is -2.16. The smallest absolute Gasteiger partial charge is 0.163 e. The van der Waals surface area contributed by atoms with E-state index in [1.54, 1.807) is 12.4 Å². The molecule has 1 aromatic rings. The van der Waals surface area contributed by atoms with Gasteiger partial charge in [-0.15, -0.1) is 0 Å². The molecule has 2 rings (SSSR count). The van der Waals surface area contributed by atoms with Crippen molar-refractivity contribution < 1.29 is 4.74 Å². The summed E-state index contributed by atoms with van der Waals surface area (Å²) in [5, 5.41) is 0. The molecule has 14 heavy (non-hydrogen) atoms. The highest BCUT2D eigenvalue weighted by Gasteiger charge is 2.25. The molecule has 0 bridgehead atoms. The van der Waals surface area contributed by atoms with Gasteiger partial charge >= 0.3 is 0 Å². The zero-order valence-electron chi connectivity index (χ0n) is 8.53. The summed E-state index contributed by atoms with van der Waals surface area (Å²) in [5.41, 5.74) is 7.54. The first-order valence-electron chi connectivity index (χ1n) is 4.76. The van der Waals surface area contributed by atoms with Gasteiger partial charge in [-0.05, 0) is 12.8 Å². The summed E-state index contributed by atoms with van der Waals surface area (Å²) >= 11 is 0. The maximum atomic E-state index is 5.95. The van der Waals surface area contributed by atoms with Crippen molar-refractivity contribution >= 4 is 11.4 Å². The number of rotatable bonds is 3. The highest BCUT2D eigenvalue weighted by atomic mass is 16.5. The molecular formula is C10H15N3O. The second-order valence-corrected chi connectivity index (χ2v) is 3.78. The minimum absolute atomic E-state index is 0.358. The fourth-order valence-electron chi connectivity index (χ4n) is 1.26. The van der Waals surface area contributed by atoms with Crippen molar-refractivity contribution in [3.63, 3.8) is 0 Å². The Morgan fingerprint density at radius 1 is 1.43 bits per heavy atom. The number of nitrogen functional groups attached to an aromatic ring is 1. The van der Waals surface area contributed by atoms with Gasteiger partial charge in [0.15, 0.2) is 5.75 Å². The van der Waals surface area contributed by atoms with Crippen LogP contribution in [0.3, 0.4) is 0 Å². The normalized spacial score (nSPS) is 15.3. The number of aromatic nitrogens is 1. The van der Waals surface area contributed by atoms with E-state index in [4.69, 9.17) is 10.5 Å². The van der Waals surface area contributed by atoms with Crippen molar-refractivity contribution in [1.29, 1.82) is 0 Å². The van der Waals surface area contributed by atoms with Crippen LogP contribution in [0.25, 0.3) is 0 Å². The number of pyridine rings is 1. The molecule has 1 saturated carbocycles. The monoisotopic (exact) mass is 193 g/mol. The maximum absolute atomic E-state index is 5.95. The minimum atomic E-state index is 0.358. The molecule has 0 atom stereocenters. The first-order chi connectivity index (χ1) is 6.68. The molecule has 2 N–H and O–H groups in total. The van der Waals surface area contributed by atoms with Crippen LogP contribution in [0.1, 0.15) is 12.8 Å². The molecular weight excluding hydrogens is 178 g/mol. The van der Waals surface area contributed by atoms with Crippen LogP contribution in [-0.4, -0.2) is 25.2 Å². The van der Waals surface area contributed by atoms with Crippen LogP contribution in [0.15, 0.2) is 12.4 Å². The SMILES string of the molecule is CN(C)c1cncc(OC2CC2)c1N. The summed E-state index contributed by atoms with van der Waals surface area (Å²) in [6, 6.07) is 0. The van der Waals surface area contributed by atoms with Gasteiger partial charge in [-0.2, -0.15) is 0 Å². The van der Waals surface area contributed by atoms with E-state index in [0.717, 1.165) is 18.5 Å². The molecule has 1 fully saturated rings. The average molecular weight is 193 g/mol. The van der Waals surface area contributed by atoms with Gasteiger partial charge in [0.1, 0.15) is 5.69 Å². The summed E-state index contributed by atoms with van der Waals surface area (Å²) in [6.45, 7) is 0. The Morgan fingerprint density at radius 2 is 2.14 bits per heavy atom. The first-order valence-corrected chi connectivity index (χ1v) is 4.76. The number of hydrogen-bond donors (Lipinski definition) is 1. The van der Waals surface area contributed by atoms with E-state index in [0.29, 0.717) is 17.5 Å². The molecule has 0 aromatic carbocycles. The lowest BCUT2D eigenvalue weighted by molar-refractivity contribution is 0.304. The molecule has 1 heterocycles. The molecule has 0 radical (unpaired) electrons. The molecule has 1 aliphatic rings. The second kappa shape index (κ2) is 3.36. The van der Waals surface area contributed by atoms with Crippen molar-refractivity contribution in [2.24, 2.45) is 0 Å². The summed E-state index contributed by atoms with van der Waals surface area (Å²) in [4.78, 5) is 6.03. The average Bonchev–Trinajstić information content (AvgIpc) is 2.92. The summed E-state index contributed by atoms with van der Waals surface area (Å²) in [5.74, 6) is 0.707. The molecule has 0 spiro atoms. The first kappa shape index (κ1) is 9.12. The fraction of sp³-hybridized carbons (Fsp3) is 0.500. The highest BCUT2D eigenvalue weighted by molar-refractivity contribution is 5.72. The van der Waals surface area contributed by atoms with Gasteiger partial charge in [-0.25, -0.2) is 0 Å². The van der Waals surface area contributed by atoms with Crippen molar-refractivity contribution in [1.82, 2.24) is 4.98 Å². The van der Waals surface area contributed by atoms with Crippen LogP contribution in [0.5, 0.6) is 5.75 Å². The third kappa shape index (κ3) is 1.73. The Balaban J connectivity index is 2.25. The number of anilines is 2. The number of nitrogens with two attached hydrogens (primary N) is 1. The standard InChI is InChI=1S/C10H15N3O/c1-13(2)8-5-12-6-9(10(8)11)14-7-3-4-7/h5-7H,3-4H2,1-2H3,(H2,11,12). The quantitative estimate of drug-likeness (QED) is 0.785. The van der Waals surface area contributed by atoms with Crippen LogP contribution in [0.2, 0.25) is 0 Å². The van der Waals surface area contributed by atoms with Gasteiger partial charge in [0.25, 0.3) is 0 Å². The maximum Gasteiger partial charge on any atom is 0.163 e. The Morgan fingerprint density at radius 3 is 2.71 bits per heavy atom. The molecule has 0 amide bonds. The third-order valence-electron chi connectivity index (χ3n) is 2.23. The van der Waals surface area contributed by atoms with E-state index in [-0.39, 0.29) is 0 Å². The highest BCUT2D eigenvalue weighted by Crippen LogP contribution is 2.34. The number of nitrogens with zero attached hydrogens (tertiary/aromatic N) is 2. The summed E-state index contributed by atoms with van der Waals surface area (Å²) in [7, 11) is 3.88. The molecule has 1 aromatic heterocycles. The zero-order chi connectivity index (χ0) is 10.1. The van der Waals surface area contributed by atoms with Crippen LogP contribution < -0.4 is 15.4 Å².